The van der Waals surface area contributed by atoms with E-state index in [0.29, 0.717) is 5.15 Å². The van der Waals surface area contributed by atoms with Gasteiger partial charge in [-0.05, 0) is 41.3 Å². The number of pyridine rings is 1. The summed E-state index contributed by atoms with van der Waals surface area (Å²) in [4.78, 5) is 4.11. The summed E-state index contributed by atoms with van der Waals surface area (Å²) >= 11 is 5.80. The Morgan fingerprint density at radius 3 is 2.17 bits per heavy atom. The second-order valence-corrected chi connectivity index (χ2v) is 5.71. The van der Waals surface area contributed by atoms with Gasteiger partial charge in [0.25, 0.3) is 0 Å². The molecule has 3 nitrogen and oxygen atoms in total. The van der Waals surface area contributed by atoms with Gasteiger partial charge in [-0.15, -0.1) is 0 Å². The summed E-state index contributed by atoms with van der Waals surface area (Å²) in [5, 5.41) is 0.529. The molecule has 1 aromatic heterocycles. The largest absolute Gasteiger partial charge is 0.321 e. The molecule has 3 rings (SSSR count). The molecule has 0 aliphatic carbocycles. The van der Waals surface area contributed by atoms with Crippen molar-refractivity contribution in [1.29, 1.82) is 0 Å². The summed E-state index contributed by atoms with van der Waals surface area (Å²) in [5.74, 6) is 0. The first-order valence-electron chi connectivity index (χ1n) is 7.52. The molecule has 0 aliphatic heterocycles. The maximum atomic E-state index is 5.80. The number of aromatic nitrogens is 1. The maximum Gasteiger partial charge on any atom is 0.129 e. The first-order valence-corrected chi connectivity index (χ1v) is 7.89. The number of rotatable bonds is 6. The lowest BCUT2D eigenvalue weighted by molar-refractivity contribution is 0.801. The number of halogens is 1. The topological polar surface area (TPSA) is 37.0 Å². The number of anilines is 1. The molecule has 2 aromatic carbocycles. The predicted molar refractivity (Wildman–Crippen MR) is 95.4 cm³/mol. The van der Waals surface area contributed by atoms with Gasteiger partial charge in [-0.2, -0.15) is 0 Å². The van der Waals surface area contributed by atoms with Gasteiger partial charge in [0.05, 0.1) is 0 Å². The van der Waals surface area contributed by atoms with Crippen LogP contribution in [0.3, 0.4) is 0 Å². The highest BCUT2D eigenvalue weighted by Crippen LogP contribution is 2.12. The SMILES string of the molecule is Clc1ccc(Cc2ccc(CNNc3ccccc3)cc2)cn1. The molecule has 0 spiro atoms. The van der Waals surface area contributed by atoms with Crippen molar-refractivity contribution in [3.05, 3.63) is 94.8 Å². The first kappa shape index (κ1) is 15.5. The van der Waals surface area contributed by atoms with E-state index in [9.17, 15) is 0 Å². The minimum atomic E-state index is 0.529. The number of hydrogen-bond acceptors (Lipinski definition) is 3. The molecule has 0 unspecified atom stereocenters. The Balaban J connectivity index is 1.51. The van der Waals surface area contributed by atoms with E-state index in [4.69, 9.17) is 11.6 Å². The average molecular weight is 324 g/mol. The molecule has 23 heavy (non-hydrogen) atoms. The van der Waals surface area contributed by atoms with Crippen LogP contribution in [0.15, 0.2) is 72.9 Å². The van der Waals surface area contributed by atoms with Gasteiger partial charge in [-0.3, -0.25) is 0 Å². The van der Waals surface area contributed by atoms with Gasteiger partial charge in [0.15, 0.2) is 0 Å². The summed E-state index contributed by atoms with van der Waals surface area (Å²) in [7, 11) is 0. The van der Waals surface area contributed by atoms with Crippen LogP contribution < -0.4 is 10.9 Å². The van der Waals surface area contributed by atoms with Crippen molar-refractivity contribution in [3.8, 4) is 0 Å². The molecule has 0 bridgehead atoms. The van der Waals surface area contributed by atoms with Gasteiger partial charge in [0.2, 0.25) is 0 Å². The summed E-state index contributed by atoms with van der Waals surface area (Å²) in [6.07, 6.45) is 2.68. The van der Waals surface area contributed by atoms with Crippen LogP contribution in [0.25, 0.3) is 0 Å². The molecule has 1 heterocycles. The van der Waals surface area contributed by atoms with Gasteiger partial charge in [0, 0.05) is 18.4 Å². The second-order valence-electron chi connectivity index (χ2n) is 5.33. The lowest BCUT2D eigenvalue weighted by atomic mass is 10.1. The minimum Gasteiger partial charge on any atom is -0.321 e. The smallest absolute Gasteiger partial charge is 0.129 e. The number of para-hydroxylation sites is 1. The Bertz CT molecular complexity index is 725. The monoisotopic (exact) mass is 323 g/mol. The highest BCUT2D eigenvalue weighted by atomic mass is 35.5. The third-order valence-electron chi connectivity index (χ3n) is 3.52. The molecule has 0 aliphatic rings. The molecule has 0 atom stereocenters. The van der Waals surface area contributed by atoms with Crippen LogP contribution in [0.4, 0.5) is 5.69 Å². The van der Waals surface area contributed by atoms with Crippen molar-refractivity contribution in [2.45, 2.75) is 13.0 Å². The maximum absolute atomic E-state index is 5.80. The van der Waals surface area contributed by atoms with E-state index in [0.717, 1.165) is 24.2 Å². The quantitative estimate of drug-likeness (QED) is 0.520. The van der Waals surface area contributed by atoms with E-state index in [1.807, 2.05) is 48.7 Å². The molecule has 2 N–H and O–H groups in total. The third-order valence-corrected chi connectivity index (χ3v) is 3.74. The van der Waals surface area contributed by atoms with E-state index in [1.54, 1.807) is 0 Å². The summed E-state index contributed by atoms with van der Waals surface area (Å²) in [6.45, 7) is 0.762. The molecule has 0 fully saturated rings. The van der Waals surface area contributed by atoms with E-state index in [2.05, 4.69) is 40.1 Å². The molecule has 116 valence electrons. The van der Waals surface area contributed by atoms with Crippen LogP contribution in [-0.4, -0.2) is 4.98 Å². The van der Waals surface area contributed by atoms with Crippen molar-refractivity contribution in [1.82, 2.24) is 10.4 Å². The number of hydrogen-bond donors (Lipinski definition) is 2. The zero-order valence-electron chi connectivity index (χ0n) is 12.7. The van der Waals surface area contributed by atoms with Crippen molar-refractivity contribution in [2.75, 3.05) is 5.43 Å². The van der Waals surface area contributed by atoms with Crippen LogP contribution >= 0.6 is 11.6 Å². The Morgan fingerprint density at radius 2 is 1.48 bits per heavy atom. The van der Waals surface area contributed by atoms with Gasteiger partial charge in [-0.1, -0.05) is 60.1 Å². The zero-order chi connectivity index (χ0) is 15.9. The molecule has 0 saturated heterocycles. The van der Waals surface area contributed by atoms with Crippen molar-refractivity contribution in [3.63, 3.8) is 0 Å². The fourth-order valence-electron chi connectivity index (χ4n) is 2.29. The van der Waals surface area contributed by atoms with Crippen LogP contribution in [-0.2, 0) is 13.0 Å². The van der Waals surface area contributed by atoms with E-state index in [1.165, 1.54) is 11.1 Å². The number of nitrogens with zero attached hydrogens (tertiary/aromatic N) is 1. The third kappa shape index (κ3) is 4.81. The lowest BCUT2D eigenvalue weighted by Gasteiger charge is -2.09. The highest BCUT2D eigenvalue weighted by molar-refractivity contribution is 6.29. The average Bonchev–Trinajstić information content (AvgIpc) is 2.59. The number of hydrazine groups is 1. The molecular formula is C19H18ClN3. The van der Waals surface area contributed by atoms with Crippen LogP contribution in [0.5, 0.6) is 0 Å². The Morgan fingerprint density at radius 1 is 0.783 bits per heavy atom. The Hall–Kier alpha value is -2.36. The van der Waals surface area contributed by atoms with E-state index < -0.39 is 0 Å². The van der Waals surface area contributed by atoms with Crippen LogP contribution in [0, 0.1) is 0 Å². The summed E-state index contributed by atoms with van der Waals surface area (Å²) in [6, 6.07) is 22.5. The first-order chi connectivity index (χ1) is 11.3. The molecule has 0 amide bonds. The molecule has 0 saturated carbocycles. The van der Waals surface area contributed by atoms with Crippen molar-refractivity contribution >= 4 is 17.3 Å². The highest BCUT2D eigenvalue weighted by Gasteiger charge is 1.99. The summed E-state index contributed by atoms with van der Waals surface area (Å²) < 4.78 is 0. The van der Waals surface area contributed by atoms with E-state index >= 15 is 0 Å². The number of benzene rings is 2. The molecule has 0 radical (unpaired) electrons. The van der Waals surface area contributed by atoms with Gasteiger partial charge < -0.3 is 5.43 Å². The second kappa shape index (κ2) is 7.77. The minimum absolute atomic E-state index is 0.529. The van der Waals surface area contributed by atoms with Crippen LogP contribution in [0.2, 0.25) is 5.15 Å². The van der Waals surface area contributed by atoms with Gasteiger partial charge >= 0.3 is 0 Å². The fourth-order valence-corrected chi connectivity index (χ4v) is 2.40. The Kier molecular flexibility index (Phi) is 5.25. The van der Waals surface area contributed by atoms with Crippen molar-refractivity contribution in [2.24, 2.45) is 0 Å². The van der Waals surface area contributed by atoms with Crippen LogP contribution in [0.1, 0.15) is 16.7 Å². The fraction of sp³-hybridized carbons (Fsp3) is 0.105. The van der Waals surface area contributed by atoms with E-state index in [-0.39, 0.29) is 0 Å². The number of nitrogens with one attached hydrogen (secondary N) is 2. The zero-order valence-corrected chi connectivity index (χ0v) is 13.4. The molecule has 4 heteroatoms. The predicted octanol–water partition coefficient (Wildman–Crippen LogP) is 4.44. The van der Waals surface area contributed by atoms with Crippen molar-refractivity contribution < 1.29 is 0 Å². The van der Waals surface area contributed by atoms with Gasteiger partial charge in [-0.25, -0.2) is 10.4 Å². The normalized spacial score (nSPS) is 10.5. The molecule has 3 aromatic rings. The standard InChI is InChI=1S/C19H18ClN3/c20-19-11-10-17(13-21-19)12-15-6-8-16(9-7-15)14-22-23-18-4-2-1-3-5-18/h1-11,13,22-23H,12,14H2. The van der Waals surface area contributed by atoms with Gasteiger partial charge in [0.1, 0.15) is 5.15 Å². The lowest BCUT2D eigenvalue weighted by Crippen LogP contribution is -2.20. The Labute approximate surface area is 141 Å². The summed E-state index contributed by atoms with van der Waals surface area (Å²) in [5.41, 5.74) is 11.1. The molecular weight excluding hydrogens is 306 g/mol.